The van der Waals surface area contributed by atoms with Crippen molar-refractivity contribution in [2.45, 2.75) is 0 Å². The van der Waals surface area contributed by atoms with E-state index in [0.29, 0.717) is 24.5 Å². The molecule has 0 fully saturated rings. The number of aromatic amines is 1. The van der Waals surface area contributed by atoms with E-state index in [-0.39, 0.29) is 5.82 Å². The molecule has 0 saturated heterocycles. The molecule has 0 aliphatic carbocycles. The van der Waals surface area contributed by atoms with E-state index in [9.17, 15) is 20.0 Å². The van der Waals surface area contributed by atoms with Gasteiger partial charge in [-0.3, -0.25) is 14.9 Å². The predicted molar refractivity (Wildman–Crippen MR) is 106 cm³/mol. The van der Waals surface area contributed by atoms with Gasteiger partial charge in [-0.25, -0.2) is 0 Å². The highest BCUT2D eigenvalue weighted by atomic mass is 16.6. The lowest BCUT2D eigenvalue weighted by atomic mass is 10.2. The normalized spacial score (nSPS) is 10.8. The quantitative estimate of drug-likeness (QED) is 0.341. The zero-order valence-electron chi connectivity index (χ0n) is 15.1. The molecule has 0 unspecified atom stereocenters. The molecule has 2 aromatic carbocycles. The average Bonchev–Trinajstić information content (AvgIpc) is 2.70. The maximum Gasteiger partial charge on any atom is 0.395 e. The van der Waals surface area contributed by atoms with Gasteiger partial charge in [-0.2, -0.15) is 4.98 Å². The van der Waals surface area contributed by atoms with Gasteiger partial charge in [0.1, 0.15) is 30.5 Å². The highest BCUT2D eigenvalue weighted by Gasteiger charge is 2.21. The fourth-order valence-corrected chi connectivity index (χ4v) is 2.46. The van der Waals surface area contributed by atoms with E-state index in [1.54, 1.807) is 24.3 Å². The molecule has 0 radical (unpaired) electrons. The molecule has 148 valence electrons. The molecule has 2 N–H and O–H groups in total. The minimum Gasteiger partial charge on any atom is -0.490 e. The summed E-state index contributed by atoms with van der Waals surface area (Å²) in [7, 11) is 0. The molecule has 9 heteroatoms. The van der Waals surface area contributed by atoms with Crippen molar-refractivity contribution in [3.05, 3.63) is 86.5 Å². The fraction of sp³-hybridized carbons (Fsp3) is 0.100. The van der Waals surface area contributed by atoms with E-state index in [4.69, 9.17) is 9.47 Å². The number of H-pyrrole nitrogens is 1. The van der Waals surface area contributed by atoms with Crippen LogP contribution in [0.4, 0.5) is 5.69 Å². The number of nitrogens with one attached hydrogen (secondary N) is 1. The Morgan fingerprint density at radius 1 is 1.03 bits per heavy atom. The SMILES string of the molecule is O=c1[nH]c(/C=C\c2ccccc2OCCOc2ccccc2)nc(O)c1[N+](=O)[O-]. The maximum absolute atomic E-state index is 11.7. The summed E-state index contributed by atoms with van der Waals surface area (Å²) in [5, 5.41) is 20.3. The van der Waals surface area contributed by atoms with Crippen LogP contribution in [0.15, 0.2) is 59.4 Å². The summed E-state index contributed by atoms with van der Waals surface area (Å²) >= 11 is 0. The van der Waals surface area contributed by atoms with Gasteiger partial charge < -0.3 is 19.6 Å². The molecule has 3 rings (SSSR count). The van der Waals surface area contributed by atoms with Gasteiger partial charge in [0.2, 0.25) is 0 Å². The van der Waals surface area contributed by atoms with Crippen LogP contribution in [0, 0.1) is 10.1 Å². The van der Waals surface area contributed by atoms with Gasteiger partial charge in [0, 0.05) is 5.56 Å². The minimum absolute atomic E-state index is 0.0275. The summed E-state index contributed by atoms with van der Waals surface area (Å²) in [6.07, 6.45) is 3.02. The largest absolute Gasteiger partial charge is 0.490 e. The van der Waals surface area contributed by atoms with Crippen molar-refractivity contribution in [2.75, 3.05) is 13.2 Å². The van der Waals surface area contributed by atoms with Crippen molar-refractivity contribution in [2.24, 2.45) is 0 Å². The van der Waals surface area contributed by atoms with E-state index in [2.05, 4.69) is 9.97 Å². The Labute approximate surface area is 165 Å². The first-order chi connectivity index (χ1) is 14.0. The van der Waals surface area contributed by atoms with E-state index in [1.807, 2.05) is 36.4 Å². The lowest BCUT2D eigenvalue weighted by molar-refractivity contribution is -0.387. The zero-order chi connectivity index (χ0) is 20.6. The zero-order valence-corrected chi connectivity index (χ0v) is 15.1. The second-order valence-electron chi connectivity index (χ2n) is 5.76. The Kier molecular flexibility index (Phi) is 6.21. The first kappa shape index (κ1) is 19.6. The summed E-state index contributed by atoms with van der Waals surface area (Å²) in [6.45, 7) is 0.667. The minimum atomic E-state index is -1.04. The molecule has 0 amide bonds. The summed E-state index contributed by atoms with van der Waals surface area (Å²) < 4.78 is 11.3. The Bertz CT molecular complexity index is 1080. The molecule has 0 aliphatic rings. The Morgan fingerprint density at radius 3 is 2.45 bits per heavy atom. The fourth-order valence-electron chi connectivity index (χ4n) is 2.46. The molecule has 0 saturated carbocycles. The van der Waals surface area contributed by atoms with Crippen LogP contribution in [-0.4, -0.2) is 33.2 Å². The van der Waals surface area contributed by atoms with Crippen LogP contribution in [0.1, 0.15) is 11.4 Å². The van der Waals surface area contributed by atoms with Gasteiger partial charge in [-0.15, -0.1) is 0 Å². The predicted octanol–water partition coefficient (Wildman–Crippen LogP) is 3.01. The molecular weight excluding hydrogens is 378 g/mol. The molecule has 29 heavy (non-hydrogen) atoms. The monoisotopic (exact) mass is 395 g/mol. The third-order valence-electron chi connectivity index (χ3n) is 3.77. The molecular formula is C20H17N3O6. The second-order valence-corrected chi connectivity index (χ2v) is 5.76. The Hall–Kier alpha value is -4.14. The van der Waals surface area contributed by atoms with Crippen LogP contribution in [0.25, 0.3) is 12.2 Å². The van der Waals surface area contributed by atoms with Crippen LogP contribution in [0.5, 0.6) is 17.4 Å². The number of aromatic nitrogens is 2. The van der Waals surface area contributed by atoms with Crippen LogP contribution >= 0.6 is 0 Å². The Morgan fingerprint density at radius 2 is 1.72 bits per heavy atom. The number of aromatic hydroxyl groups is 1. The Balaban J connectivity index is 1.67. The molecule has 3 aromatic rings. The van der Waals surface area contributed by atoms with Gasteiger partial charge in [0.05, 0.1) is 4.92 Å². The summed E-state index contributed by atoms with van der Waals surface area (Å²) in [4.78, 5) is 27.3. The number of nitro groups is 1. The highest BCUT2D eigenvalue weighted by Crippen LogP contribution is 2.21. The number of para-hydroxylation sites is 2. The van der Waals surface area contributed by atoms with Crippen molar-refractivity contribution in [1.82, 2.24) is 9.97 Å². The number of rotatable bonds is 8. The van der Waals surface area contributed by atoms with Gasteiger partial charge in [-0.1, -0.05) is 36.4 Å². The third kappa shape index (κ3) is 5.19. The average molecular weight is 395 g/mol. The van der Waals surface area contributed by atoms with Crippen LogP contribution in [0.3, 0.4) is 0 Å². The number of hydrogen-bond acceptors (Lipinski definition) is 7. The van der Waals surface area contributed by atoms with E-state index < -0.39 is 22.0 Å². The molecule has 0 bridgehead atoms. The highest BCUT2D eigenvalue weighted by molar-refractivity contribution is 5.70. The molecule has 0 atom stereocenters. The van der Waals surface area contributed by atoms with E-state index in [1.165, 1.54) is 6.08 Å². The summed E-state index contributed by atoms with van der Waals surface area (Å²) in [6, 6.07) is 16.5. The lowest BCUT2D eigenvalue weighted by Gasteiger charge is -2.10. The van der Waals surface area contributed by atoms with E-state index >= 15 is 0 Å². The lowest BCUT2D eigenvalue weighted by Crippen LogP contribution is -2.14. The summed E-state index contributed by atoms with van der Waals surface area (Å²) in [5.41, 5.74) is -1.35. The molecule has 0 spiro atoms. The number of ether oxygens (including phenoxy) is 2. The number of hydrogen-bond donors (Lipinski definition) is 2. The smallest absolute Gasteiger partial charge is 0.395 e. The molecule has 0 aliphatic heterocycles. The third-order valence-corrected chi connectivity index (χ3v) is 3.77. The number of nitrogens with zero attached hydrogens (tertiary/aromatic N) is 2. The molecule has 1 heterocycles. The van der Waals surface area contributed by atoms with Crippen LogP contribution in [-0.2, 0) is 0 Å². The molecule has 1 aromatic heterocycles. The molecule has 9 nitrogen and oxygen atoms in total. The van der Waals surface area contributed by atoms with E-state index in [0.717, 1.165) is 5.75 Å². The maximum atomic E-state index is 11.7. The standard InChI is InChI=1S/C20H17N3O6/c24-19-18(23(26)27)20(25)22-17(21-19)11-10-14-6-4-5-9-16(14)29-13-12-28-15-7-2-1-3-8-15/h1-11H,12-13H2,(H2,21,22,24,25)/b11-10-. The van der Waals surface area contributed by atoms with Crippen molar-refractivity contribution in [1.29, 1.82) is 0 Å². The van der Waals surface area contributed by atoms with Crippen molar-refractivity contribution in [3.8, 4) is 17.4 Å². The number of benzene rings is 2. The topological polar surface area (TPSA) is 128 Å². The first-order valence-corrected chi connectivity index (χ1v) is 8.60. The van der Waals surface area contributed by atoms with Gasteiger partial charge in [0.25, 0.3) is 5.88 Å². The second kappa shape index (κ2) is 9.18. The first-order valence-electron chi connectivity index (χ1n) is 8.60. The van der Waals surface area contributed by atoms with Crippen molar-refractivity contribution >= 4 is 17.8 Å². The van der Waals surface area contributed by atoms with Gasteiger partial charge in [0.15, 0.2) is 0 Å². The summed E-state index contributed by atoms with van der Waals surface area (Å²) in [5.74, 6) is 0.354. The van der Waals surface area contributed by atoms with Gasteiger partial charge in [-0.05, 0) is 30.4 Å². The van der Waals surface area contributed by atoms with Crippen LogP contribution < -0.4 is 15.0 Å². The van der Waals surface area contributed by atoms with Crippen LogP contribution in [0.2, 0.25) is 0 Å². The van der Waals surface area contributed by atoms with Crippen molar-refractivity contribution in [3.63, 3.8) is 0 Å². The van der Waals surface area contributed by atoms with Crippen molar-refractivity contribution < 1.29 is 19.5 Å². The van der Waals surface area contributed by atoms with Gasteiger partial charge >= 0.3 is 11.2 Å².